The summed E-state index contributed by atoms with van der Waals surface area (Å²) in [6, 6.07) is 15.6. The van der Waals surface area contributed by atoms with Gasteiger partial charge in [-0.2, -0.15) is 0 Å². The highest BCUT2D eigenvalue weighted by Crippen LogP contribution is 2.30. The SMILES string of the molecule is c1cnc2nc(-c3ccc4nc(-c5ccc6occc6c5)oc4c3)cn2c1. The van der Waals surface area contributed by atoms with E-state index in [1.165, 1.54) is 0 Å². The van der Waals surface area contributed by atoms with E-state index in [4.69, 9.17) is 8.83 Å². The molecule has 6 nitrogen and oxygen atoms in total. The van der Waals surface area contributed by atoms with Crippen LogP contribution in [0.25, 0.3) is 50.6 Å². The molecule has 0 bridgehead atoms. The Bertz CT molecular complexity index is 1410. The largest absolute Gasteiger partial charge is 0.464 e. The van der Waals surface area contributed by atoms with Crippen LogP contribution in [-0.2, 0) is 0 Å². The van der Waals surface area contributed by atoms with Crippen LogP contribution < -0.4 is 0 Å². The van der Waals surface area contributed by atoms with Crippen molar-refractivity contribution in [3.8, 4) is 22.7 Å². The van der Waals surface area contributed by atoms with Gasteiger partial charge in [0.15, 0.2) is 5.58 Å². The van der Waals surface area contributed by atoms with Crippen molar-refractivity contribution in [3.63, 3.8) is 0 Å². The molecule has 0 aliphatic rings. The summed E-state index contributed by atoms with van der Waals surface area (Å²) in [6.07, 6.45) is 7.29. The van der Waals surface area contributed by atoms with Crippen molar-refractivity contribution in [2.45, 2.75) is 0 Å². The van der Waals surface area contributed by atoms with Crippen LogP contribution in [0.4, 0.5) is 0 Å². The third-order valence-corrected chi connectivity index (χ3v) is 4.62. The van der Waals surface area contributed by atoms with E-state index in [-0.39, 0.29) is 0 Å². The van der Waals surface area contributed by atoms with Crippen LogP contribution in [0.5, 0.6) is 0 Å². The van der Waals surface area contributed by atoms with E-state index in [9.17, 15) is 0 Å². The normalized spacial score (nSPS) is 11.7. The number of furan rings is 1. The van der Waals surface area contributed by atoms with Gasteiger partial charge >= 0.3 is 0 Å². The van der Waals surface area contributed by atoms with E-state index in [1.54, 1.807) is 12.5 Å². The molecule has 4 aromatic heterocycles. The fraction of sp³-hybridized carbons (Fsp3) is 0. The second-order valence-corrected chi connectivity index (χ2v) is 6.33. The van der Waals surface area contributed by atoms with Crippen molar-refractivity contribution in [1.29, 1.82) is 0 Å². The molecule has 0 aliphatic heterocycles. The number of benzene rings is 2. The predicted octanol–water partition coefficient (Wildman–Crippen LogP) is 4.95. The van der Waals surface area contributed by atoms with Gasteiger partial charge in [-0.1, -0.05) is 6.07 Å². The molecule has 0 aliphatic carbocycles. The van der Waals surface area contributed by atoms with Gasteiger partial charge in [0.2, 0.25) is 11.7 Å². The smallest absolute Gasteiger partial charge is 0.234 e. The van der Waals surface area contributed by atoms with Crippen molar-refractivity contribution in [3.05, 3.63) is 73.4 Å². The minimum Gasteiger partial charge on any atom is -0.464 e. The molecule has 6 heteroatoms. The zero-order valence-electron chi connectivity index (χ0n) is 14.0. The topological polar surface area (TPSA) is 69.4 Å². The van der Waals surface area contributed by atoms with Crippen LogP contribution in [0.15, 0.2) is 82.2 Å². The van der Waals surface area contributed by atoms with Gasteiger partial charge in [0.05, 0.1) is 12.0 Å². The minimum atomic E-state index is 0.585. The first kappa shape index (κ1) is 14.3. The highest BCUT2D eigenvalue weighted by atomic mass is 16.3. The molecule has 0 fully saturated rings. The summed E-state index contributed by atoms with van der Waals surface area (Å²) in [7, 11) is 0. The molecule has 6 aromatic rings. The summed E-state index contributed by atoms with van der Waals surface area (Å²) < 4.78 is 13.3. The quantitative estimate of drug-likeness (QED) is 0.441. The van der Waals surface area contributed by atoms with E-state index in [2.05, 4.69) is 15.0 Å². The molecule has 2 aromatic carbocycles. The van der Waals surface area contributed by atoms with Crippen molar-refractivity contribution in [1.82, 2.24) is 19.4 Å². The Hall–Kier alpha value is -3.93. The van der Waals surface area contributed by atoms with Gasteiger partial charge in [-0.05, 0) is 42.5 Å². The highest BCUT2D eigenvalue weighted by Gasteiger charge is 2.12. The predicted molar refractivity (Wildman–Crippen MR) is 101 cm³/mol. The van der Waals surface area contributed by atoms with Crippen molar-refractivity contribution >= 4 is 27.8 Å². The standard InChI is InChI=1S/C21H12N4O2/c1-7-22-21-24-17(12-25(21)8-1)13-2-4-16-19(11-13)27-20(23-16)15-3-5-18-14(10-15)6-9-26-18/h1-12H. The Morgan fingerprint density at radius 3 is 2.81 bits per heavy atom. The van der Waals surface area contributed by atoms with Crippen molar-refractivity contribution < 1.29 is 8.83 Å². The van der Waals surface area contributed by atoms with E-state index >= 15 is 0 Å². The summed E-state index contributed by atoms with van der Waals surface area (Å²) in [6.45, 7) is 0. The van der Waals surface area contributed by atoms with Crippen LogP contribution in [0.1, 0.15) is 0 Å². The van der Waals surface area contributed by atoms with E-state index in [0.29, 0.717) is 11.7 Å². The van der Waals surface area contributed by atoms with Gasteiger partial charge in [-0.3, -0.25) is 4.40 Å². The molecule has 4 heterocycles. The molecule has 0 spiro atoms. The summed E-state index contributed by atoms with van der Waals surface area (Å²) in [5.41, 5.74) is 5.09. The molecule has 0 saturated carbocycles. The average Bonchev–Trinajstić information content (AvgIpc) is 3.42. The Balaban J connectivity index is 1.46. The molecular weight excluding hydrogens is 340 g/mol. The van der Waals surface area contributed by atoms with Gasteiger partial charge in [-0.15, -0.1) is 0 Å². The third-order valence-electron chi connectivity index (χ3n) is 4.62. The van der Waals surface area contributed by atoms with Crippen LogP contribution in [-0.4, -0.2) is 19.4 Å². The molecule has 128 valence electrons. The monoisotopic (exact) mass is 352 g/mol. The van der Waals surface area contributed by atoms with E-state index in [0.717, 1.165) is 38.9 Å². The molecular formula is C21H12N4O2. The van der Waals surface area contributed by atoms with Gasteiger partial charge < -0.3 is 8.83 Å². The zero-order valence-corrected chi connectivity index (χ0v) is 14.0. The van der Waals surface area contributed by atoms with Crippen molar-refractivity contribution in [2.24, 2.45) is 0 Å². The van der Waals surface area contributed by atoms with E-state index < -0.39 is 0 Å². The van der Waals surface area contributed by atoms with Gasteiger partial charge in [0, 0.05) is 35.1 Å². The summed E-state index contributed by atoms with van der Waals surface area (Å²) in [4.78, 5) is 13.4. The van der Waals surface area contributed by atoms with Crippen LogP contribution in [0, 0.1) is 0 Å². The Morgan fingerprint density at radius 2 is 1.85 bits per heavy atom. The highest BCUT2D eigenvalue weighted by molar-refractivity contribution is 5.85. The Kier molecular flexibility index (Phi) is 2.79. The number of fused-ring (bicyclic) bond motifs is 3. The average molecular weight is 352 g/mol. The lowest BCUT2D eigenvalue weighted by atomic mass is 10.1. The number of hydrogen-bond donors (Lipinski definition) is 0. The molecule has 0 N–H and O–H groups in total. The first-order valence-electron chi connectivity index (χ1n) is 8.52. The lowest BCUT2D eigenvalue weighted by Crippen LogP contribution is -1.82. The van der Waals surface area contributed by atoms with Gasteiger partial charge in [-0.25, -0.2) is 15.0 Å². The van der Waals surface area contributed by atoms with Crippen LogP contribution >= 0.6 is 0 Å². The number of oxazole rings is 1. The van der Waals surface area contributed by atoms with Gasteiger partial charge in [0.25, 0.3) is 0 Å². The number of nitrogens with zero attached hydrogens (tertiary/aromatic N) is 4. The first-order chi connectivity index (χ1) is 13.3. The number of hydrogen-bond acceptors (Lipinski definition) is 5. The van der Waals surface area contributed by atoms with Crippen LogP contribution in [0.2, 0.25) is 0 Å². The van der Waals surface area contributed by atoms with Crippen LogP contribution in [0.3, 0.4) is 0 Å². The molecule has 0 saturated heterocycles. The van der Waals surface area contributed by atoms with Crippen molar-refractivity contribution in [2.75, 3.05) is 0 Å². The Labute approximate surface area is 152 Å². The maximum Gasteiger partial charge on any atom is 0.234 e. The fourth-order valence-corrected chi connectivity index (χ4v) is 3.28. The maximum atomic E-state index is 6.02. The second kappa shape index (κ2) is 5.28. The number of aromatic nitrogens is 4. The molecule has 0 unspecified atom stereocenters. The molecule has 0 atom stereocenters. The van der Waals surface area contributed by atoms with E-state index in [1.807, 2.05) is 65.3 Å². The second-order valence-electron chi connectivity index (χ2n) is 6.33. The minimum absolute atomic E-state index is 0.585. The molecule has 0 amide bonds. The lowest BCUT2D eigenvalue weighted by molar-refractivity contribution is 0.615. The fourth-order valence-electron chi connectivity index (χ4n) is 3.28. The third kappa shape index (κ3) is 2.23. The summed E-state index contributed by atoms with van der Waals surface area (Å²) in [5.74, 6) is 1.25. The zero-order chi connectivity index (χ0) is 17.8. The van der Waals surface area contributed by atoms with Gasteiger partial charge in [0.1, 0.15) is 11.1 Å². The molecule has 6 rings (SSSR count). The summed E-state index contributed by atoms with van der Waals surface area (Å²) >= 11 is 0. The first-order valence-corrected chi connectivity index (χ1v) is 8.52. The number of rotatable bonds is 2. The lowest BCUT2D eigenvalue weighted by Gasteiger charge is -1.95. The number of imidazole rings is 1. The Morgan fingerprint density at radius 1 is 0.889 bits per heavy atom. The summed E-state index contributed by atoms with van der Waals surface area (Å²) in [5, 5.41) is 1.02. The molecule has 27 heavy (non-hydrogen) atoms. The maximum absolute atomic E-state index is 6.02. The molecule has 0 radical (unpaired) electrons.